The van der Waals surface area contributed by atoms with Crippen LogP contribution in [0.4, 0.5) is 5.82 Å². The quantitative estimate of drug-likeness (QED) is 0.766. The molecule has 0 fully saturated rings. The van der Waals surface area contributed by atoms with Crippen LogP contribution in [0.15, 0.2) is 24.5 Å². The molecular formula is C13H18N6O. The van der Waals surface area contributed by atoms with Crippen molar-refractivity contribution in [3.05, 3.63) is 36.0 Å². The first-order valence-electron chi connectivity index (χ1n) is 6.44. The lowest BCUT2D eigenvalue weighted by Crippen LogP contribution is -2.23. The second kappa shape index (κ2) is 6.65. The van der Waals surface area contributed by atoms with Crippen LogP contribution >= 0.6 is 0 Å². The van der Waals surface area contributed by atoms with Crippen molar-refractivity contribution in [2.75, 3.05) is 26.0 Å². The van der Waals surface area contributed by atoms with Crippen LogP contribution < -0.4 is 5.32 Å². The summed E-state index contributed by atoms with van der Waals surface area (Å²) in [5.41, 5.74) is 0.344. The maximum atomic E-state index is 11.6. The van der Waals surface area contributed by atoms with Crippen molar-refractivity contribution >= 4 is 11.7 Å². The normalized spacial score (nSPS) is 10.3. The second-order valence-electron chi connectivity index (χ2n) is 4.57. The third-order valence-electron chi connectivity index (χ3n) is 2.74. The Morgan fingerprint density at radius 1 is 1.35 bits per heavy atom. The Morgan fingerprint density at radius 3 is 2.80 bits per heavy atom. The number of aromatic amines is 1. The van der Waals surface area contributed by atoms with Crippen molar-refractivity contribution in [1.82, 2.24) is 25.1 Å². The molecule has 7 nitrogen and oxygen atoms in total. The van der Waals surface area contributed by atoms with E-state index in [0.29, 0.717) is 11.5 Å². The van der Waals surface area contributed by atoms with Gasteiger partial charge in [0, 0.05) is 39.5 Å². The molecule has 2 rings (SSSR count). The van der Waals surface area contributed by atoms with Crippen molar-refractivity contribution in [2.24, 2.45) is 0 Å². The third-order valence-corrected chi connectivity index (χ3v) is 2.74. The van der Waals surface area contributed by atoms with Crippen LogP contribution in [0.1, 0.15) is 22.7 Å². The summed E-state index contributed by atoms with van der Waals surface area (Å²) in [4.78, 5) is 20.3. The molecule has 0 saturated carbocycles. The zero-order valence-corrected chi connectivity index (χ0v) is 11.6. The molecule has 0 spiro atoms. The molecule has 2 aromatic rings. The van der Waals surface area contributed by atoms with Crippen molar-refractivity contribution in [3.8, 4) is 0 Å². The lowest BCUT2D eigenvalue weighted by Gasteiger charge is -2.09. The van der Waals surface area contributed by atoms with Crippen LogP contribution in [-0.2, 0) is 6.42 Å². The first-order valence-corrected chi connectivity index (χ1v) is 6.44. The molecule has 1 amide bonds. The molecule has 0 bridgehead atoms. The molecule has 0 aliphatic rings. The molecule has 106 valence electrons. The summed E-state index contributed by atoms with van der Waals surface area (Å²) in [5.74, 6) is 1.49. The maximum absolute atomic E-state index is 11.6. The summed E-state index contributed by atoms with van der Waals surface area (Å²) in [6, 6.07) is 3.43. The number of aromatic nitrogens is 4. The molecule has 0 unspecified atom stereocenters. The van der Waals surface area contributed by atoms with Gasteiger partial charge in [-0.2, -0.15) is 0 Å². The van der Waals surface area contributed by atoms with E-state index in [1.165, 1.54) is 4.90 Å². The first-order chi connectivity index (χ1) is 9.66. The van der Waals surface area contributed by atoms with E-state index in [-0.39, 0.29) is 5.91 Å². The Labute approximate surface area is 117 Å². The highest BCUT2D eigenvalue weighted by Crippen LogP contribution is 2.04. The first kappa shape index (κ1) is 14.0. The number of aryl methyl sites for hydroxylation is 1. The zero-order valence-electron chi connectivity index (χ0n) is 11.6. The number of anilines is 1. The molecule has 2 heterocycles. The monoisotopic (exact) mass is 274 g/mol. The molecule has 0 aromatic carbocycles. The fourth-order valence-corrected chi connectivity index (χ4v) is 1.68. The number of carbonyl (C=O) groups excluding carboxylic acids is 1. The van der Waals surface area contributed by atoms with Crippen LogP contribution in [0.2, 0.25) is 0 Å². The van der Waals surface area contributed by atoms with Gasteiger partial charge in [-0.05, 0) is 18.6 Å². The van der Waals surface area contributed by atoms with Crippen LogP contribution in [0.3, 0.4) is 0 Å². The van der Waals surface area contributed by atoms with Crippen LogP contribution in [0, 0.1) is 0 Å². The van der Waals surface area contributed by atoms with Gasteiger partial charge < -0.3 is 15.2 Å². The average molecular weight is 274 g/mol. The van der Waals surface area contributed by atoms with Gasteiger partial charge in [0.2, 0.25) is 0 Å². The number of rotatable bonds is 6. The minimum atomic E-state index is -0.151. The highest BCUT2D eigenvalue weighted by Gasteiger charge is 2.09. The highest BCUT2D eigenvalue weighted by atomic mass is 16.2. The predicted molar refractivity (Wildman–Crippen MR) is 75.4 cm³/mol. The Bertz CT molecular complexity index is 534. The number of amides is 1. The summed E-state index contributed by atoms with van der Waals surface area (Å²) < 4.78 is 0. The summed E-state index contributed by atoms with van der Waals surface area (Å²) in [6.07, 6.45) is 5.38. The number of H-pyrrole nitrogens is 1. The number of hydrogen-bond acceptors (Lipinski definition) is 5. The standard InChI is InChI=1S/C13H18N6O/c1-19(2)13(20)10-5-6-12(18-17-10)14-7-3-4-11-15-8-9-16-11/h5-6,8-9H,3-4,7H2,1-2H3,(H,14,18)(H,15,16). The molecule has 0 aliphatic heterocycles. The summed E-state index contributed by atoms with van der Waals surface area (Å²) in [7, 11) is 3.37. The summed E-state index contributed by atoms with van der Waals surface area (Å²) in [6.45, 7) is 0.774. The second-order valence-corrected chi connectivity index (χ2v) is 4.57. The van der Waals surface area contributed by atoms with Crippen LogP contribution in [-0.4, -0.2) is 51.6 Å². The minimum Gasteiger partial charge on any atom is -0.369 e. The number of nitrogens with one attached hydrogen (secondary N) is 2. The van der Waals surface area contributed by atoms with Gasteiger partial charge in [0.15, 0.2) is 5.69 Å². The van der Waals surface area contributed by atoms with E-state index in [1.54, 1.807) is 32.4 Å². The van der Waals surface area contributed by atoms with Crippen molar-refractivity contribution in [3.63, 3.8) is 0 Å². The van der Waals surface area contributed by atoms with E-state index in [1.807, 2.05) is 6.20 Å². The van der Waals surface area contributed by atoms with Gasteiger partial charge in [-0.1, -0.05) is 0 Å². The molecule has 0 aliphatic carbocycles. The molecule has 0 radical (unpaired) electrons. The van der Waals surface area contributed by atoms with E-state index in [2.05, 4.69) is 25.5 Å². The highest BCUT2D eigenvalue weighted by molar-refractivity contribution is 5.91. The van der Waals surface area contributed by atoms with Crippen molar-refractivity contribution in [1.29, 1.82) is 0 Å². The number of hydrogen-bond donors (Lipinski definition) is 2. The van der Waals surface area contributed by atoms with Crippen molar-refractivity contribution < 1.29 is 4.79 Å². The van der Waals surface area contributed by atoms with Gasteiger partial charge in [-0.25, -0.2) is 4.98 Å². The average Bonchev–Trinajstić information content (AvgIpc) is 2.96. The van der Waals surface area contributed by atoms with E-state index >= 15 is 0 Å². The molecule has 7 heteroatoms. The largest absolute Gasteiger partial charge is 0.369 e. The number of imidazole rings is 1. The zero-order chi connectivity index (χ0) is 14.4. The van der Waals surface area contributed by atoms with Gasteiger partial charge in [-0.15, -0.1) is 10.2 Å². The Hall–Kier alpha value is -2.44. The van der Waals surface area contributed by atoms with Gasteiger partial charge in [0.25, 0.3) is 5.91 Å². The van der Waals surface area contributed by atoms with E-state index in [0.717, 1.165) is 25.2 Å². The van der Waals surface area contributed by atoms with Gasteiger partial charge in [0.1, 0.15) is 11.6 Å². The van der Waals surface area contributed by atoms with Gasteiger partial charge >= 0.3 is 0 Å². The molecule has 0 atom stereocenters. The lowest BCUT2D eigenvalue weighted by atomic mass is 10.3. The molecule has 0 saturated heterocycles. The predicted octanol–water partition coefficient (Wildman–Crippen LogP) is 0.946. The maximum Gasteiger partial charge on any atom is 0.273 e. The van der Waals surface area contributed by atoms with E-state index < -0.39 is 0 Å². The third kappa shape index (κ3) is 3.78. The smallest absolute Gasteiger partial charge is 0.273 e. The summed E-state index contributed by atoms with van der Waals surface area (Å²) in [5, 5.41) is 11.1. The number of carbonyl (C=O) groups is 1. The fraction of sp³-hybridized carbons (Fsp3) is 0.385. The van der Waals surface area contributed by atoms with Crippen LogP contribution in [0.5, 0.6) is 0 Å². The Kier molecular flexibility index (Phi) is 4.65. The van der Waals surface area contributed by atoms with E-state index in [4.69, 9.17) is 0 Å². The topological polar surface area (TPSA) is 86.8 Å². The molecule has 2 aromatic heterocycles. The SMILES string of the molecule is CN(C)C(=O)c1ccc(NCCCc2ncc[nH]2)nn1. The van der Waals surface area contributed by atoms with E-state index in [9.17, 15) is 4.79 Å². The molecular weight excluding hydrogens is 256 g/mol. The molecule has 2 N–H and O–H groups in total. The minimum absolute atomic E-state index is 0.151. The van der Waals surface area contributed by atoms with Gasteiger partial charge in [0.05, 0.1) is 0 Å². The Morgan fingerprint density at radius 2 is 2.20 bits per heavy atom. The van der Waals surface area contributed by atoms with Crippen LogP contribution in [0.25, 0.3) is 0 Å². The lowest BCUT2D eigenvalue weighted by molar-refractivity contribution is 0.0821. The summed E-state index contributed by atoms with van der Waals surface area (Å²) >= 11 is 0. The fourth-order valence-electron chi connectivity index (χ4n) is 1.68. The van der Waals surface area contributed by atoms with Crippen molar-refractivity contribution in [2.45, 2.75) is 12.8 Å². The number of nitrogens with zero attached hydrogens (tertiary/aromatic N) is 4. The molecule has 20 heavy (non-hydrogen) atoms. The Balaban J connectivity index is 1.77. The van der Waals surface area contributed by atoms with Gasteiger partial charge in [-0.3, -0.25) is 4.79 Å².